The van der Waals surface area contributed by atoms with Crippen LogP contribution in [0.15, 0.2) is 0 Å². The summed E-state index contributed by atoms with van der Waals surface area (Å²) in [6, 6.07) is 0.517. The highest BCUT2D eigenvalue weighted by molar-refractivity contribution is 4.69. The van der Waals surface area contributed by atoms with Crippen LogP contribution in [0, 0.1) is 0 Å². The Bertz CT molecular complexity index is 91.6. The van der Waals surface area contributed by atoms with Crippen LogP contribution in [0.3, 0.4) is 0 Å². The van der Waals surface area contributed by atoms with E-state index < -0.39 is 0 Å². The third-order valence-corrected chi connectivity index (χ3v) is 2.01. The third-order valence-electron chi connectivity index (χ3n) is 2.01. The van der Waals surface area contributed by atoms with Gasteiger partial charge in [0.15, 0.2) is 0 Å². The highest BCUT2D eigenvalue weighted by atomic mass is 16.5. The predicted molar refractivity (Wildman–Crippen MR) is 40.9 cm³/mol. The van der Waals surface area contributed by atoms with Crippen molar-refractivity contribution in [3.63, 3.8) is 0 Å². The Morgan fingerprint density at radius 2 is 2.10 bits per heavy atom. The molecule has 1 aliphatic rings. The summed E-state index contributed by atoms with van der Waals surface area (Å²) in [6.07, 6.45) is 0. The Labute approximate surface area is 62.1 Å². The molecule has 60 valence electrons. The second kappa shape index (κ2) is 3.91. The summed E-state index contributed by atoms with van der Waals surface area (Å²) in [4.78, 5) is 2.36. The summed E-state index contributed by atoms with van der Waals surface area (Å²) >= 11 is 0. The monoisotopic (exact) mass is 144 g/mol. The van der Waals surface area contributed by atoms with Crippen LogP contribution in [-0.4, -0.2) is 43.8 Å². The SMILES string of the molecule is CC(CN)N1CCOCC1. The van der Waals surface area contributed by atoms with Gasteiger partial charge in [-0.2, -0.15) is 0 Å². The summed E-state index contributed by atoms with van der Waals surface area (Å²) in [7, 11) is 0. The minimum atomic E-state index is 0.517. The Morgan fingerprint density at radius 1 is 1.50 bits per heavy atom. The zero-order chi connectivity index (χ0) is 7.40. The number of hydrogen-bond acceptors (Lipinski definition) is 3. The first kappa shape index (κ1) is 7.98. The molecule has 0 bridgehead atoms. The fourth-order valence-electron chi connectivity index (χ4n) is 1.17. The molecule has 0 aromatic heterocycles. The zero-order valence-electron chi connectivity index (χ0n) is 6.55. The first-order valence-corrected chi connectivity index (χ1v) is 3.86. The van der Waals surface area contributed by atoms with E-state index in [2.05, 4.69) is 11.8 Å². The van der Waals surface area contributed by atoms with Crippen molar-refractivity contribution in [3.8, 4) is 0 Å². The lowest BCUT2D eigenvalue weighted by Crippen LogP contribution is -2.45. The Hall–Kier alpha value is -0.120. The van der Waals surface area contributed by atoms with E-state index in [0.717, 1.165) is 32.8 Å². The lowest BCUT2D eigenvalue weighted by molar-refractivity contribution is 0.0220. The topological polar surface area (TPSA) is 38.5 Å². The second-order valence-electron chi connectivity index (χ2n) is 2.73. The van der Waals surface area contributed by atoms with E-state index in [1.807, 2.05) is 0 Å². The second-order valence-corrected chi connectivity index (χ2v) is 2.73. The van der Waals surface area contributed by atoms with Crippen LogP contribution in [0.4, 0.5) is 0 Å². The number of nitrogens with two attached hydrogens (primary N) is 1. The summed E-state index contributed by atoms with van der Waals surface area (Å²) < 4.78 is 5.21. The minimum absolute atomic E-state index is 0.517. The number of ether oxygens (including phenoxy) is 1. The third kappa shape index (κ3) is 1.94. The van der Waals surface area contributed by atoms with Gasteiger partial charge in [0.1, 0.15) is 0 Å². The van der Waals surface area contributed by atoms with E-state index >= 15 is 0 Å². The van der Waals surface area contributed by atoms with Crippen molar-refractivity contribution in [1.29, 1.82) is 0 Å². The summed E-state index contributed by atoms with van der Waals surface area (Å²) in [5.74, 6) is 0. The molecule has 10 heavy (non-hydrogen) atoms. The first-order chi connectivity index (χ1) is 4.84. The number of morpholine rings is 1. The lowest BCUT2D eigenvalue weighted by Gasteiger charge is -2.31. The molecule has 0 saturated carbocycles. The molecule has 3 heteroatoms. The van der Waals surface area contributed by atoms with E-state index in [9.17, 15) is 0 Å². The van der Waals surface area contributed by atoms with Crippen LogP contribution >= 0.6 is 0 Å². The van der Waals surface area contributed by atoms with Gasteiger partial charge in [-0.15, -0.1) is 0 Å². The van der Waals surface area contributed by atoms with Gasteiger partial charge in [-0.05, 0) is 6.92 Å². The fraction of sp³-hybridized carbons (Fsp3) is 1.00. The summed E-state index contributed by atoms with van der Waals surface area (Å²) in [6.45, 7) is 6.72. The van der Waals surface area contributed by atoms with Crippen LogP contribution in [-0.2, 0) is 4.74 Å². The van der Waals surface area contributed by atoms with Crippen LogP contribution in [0.1, 0.15) is 6.92 Å². The van der Waals surface area contributed by atoms with Crippen LogP contribution < -0.4 is 5.73 Å². The molecular formula is C7H16N2O. The van der Waals surface area contributed by atoms with Gasteiger partial charge >= 0.3 is 0 Å². The van der Waals surface area contributed by atoms with E-state index in [0.29, 0.717) is 6.04 Å². The van der Waals surface area contributed by atoms with Crippen molar-refractivity contribution in [2.45, 2.75) is 13.0 Å². The van der Waals surface area contributed by atoms with Crippen LogP contribution in [0.25, 0.3) is 0 Å². The predicted octanol–water partition coefficient (Wildman–Crippen LogP) is -0.334. The van der Waals surface area contributed by atoms with Gasteiger partial charge in [0.05, 0.1) is 13.2 Å². The molecule has 1 atom stereocenters. The largest absolute Gasteiger partial charge is 0.379 e. The number of rotatable bonds is 2. The van der Waals surface area contributed by atoms with E-state index in [1.165, 1.54) is 0 Å². The van der Waals surface area contributed by atoms with Crippen LogP contribution in [0.5, 0.6) is 0 Å². The van der Waals surface area contributed by atoms with Crippen molar-refractivity contribution < 1.29 is 4.74 Å². The fourth-order valence-corrected chi connectivity index (χ4v) is 1.17. The van der Waals surface area contributed by atoms with Gasteiger partial charge in [0.25, 0.3) is 0 Å². The normalized spacial score (nSPS) is 24.6. The van der Waals surface area contributed by atoms with Crippen molar-refractivity contribution in [2.75, 3.05) is 32.8 Å². The van der Waals surface area contributed by atoms with Gasteiger partial charge < -0.3 is 10.5 Å². The molecule has 1 aliphatic heterocycles. The average molecular weight is 144 g/mol. The maximum Gasteiger partial charge on any atom is 0.0594 e. The maximum absolute atomic E-state index is 5.52. The molecule has 1 rings (SSSR count). The molecular weight excluding hydrogens is 128 g/mol. The number of nitrogens with zero attached hydrogens (tertiary/aromatic N) is 1. The molecule has 1 unspecified atom stereocenters. The summed E-state index contributed by atoms with van der Waals surface area (Å²) in [5.41, 5.74) is 5.52. The van der Waals surface area contributed by atoms with Crippen molar-refractivity contribution >= 4 is 0 Å². The molecule has 3 nitrogen and oxygen atoms in total. The van der Waals surface area contributed by atoms with E-state index in [-0.39, 0.29) is 0 Å². The molecule has 0 aliphatic carbocycles. The average Bonchev–Trinajstić information content (AvgIpc) is 2.05. The Balaban J connectivity index is 2.24. The van der Waals surface area contributed by atoms with Crippen molar-refractivity contribution in [3.05, 3.63) is 0 Å². The van der Waals surface area contributed by atoms with Crippen LogP contribution in [0.2, 0.25) is 0 Å². The molecule has 2 N–H and O–H groups in total. The minimum Gasteiger partial charge on any atom is -0.379 e. The lowest BCUT2D eigenvalue weighted by atomic mass is 10.2. The molecule has 0 spiro atoms. The highest BCUT2D eigenvalue weighted by Crippen LogP contribution is 2.01. The molecule has 0 amide bonds. The smallest absolute Gasteiger partial charge is 0.0594 e. The van der Waals surface area contributed by atoms with Gasteiger partial charge in [0.2, 0.25) is 0 Å². The van der Waals surface area contributed by atoms with Gasteiger partial charge in [-0.3, -0.25) is 4.90 Å². The molecule has 1 saturated heterocycles. The quantitative estimate of drug-likeness (QED) is 0.576. The first-order valence-electron chi connectivity index (χ1n) is 3.86. The summed E-state index contributed by atoms with van der Waals surface area (Å²) in [5, 5.41) is 0. The number of hydrogen-bond donors (Lipinski definition) is 1. The van der Waals surface area contributed by atoms with Gasteiger partial charge in [-0.1, -0.05) is 0 Å². The molecule has 1 heterocycles. The standard InChI is InChI=1S/C7H16N2O/c1-7(6-8)9-2-4-10-5-3-9/h7H,2-6,8H2,1H3. The highest BCUT2D eigenvalue weighted by Gasteiger charge is 2.14. The van der Waals surface area contributed by atoms with E-state index in [1.54, 1.807) is 0 Å². The molecule has 1 fully saturated rings. The zero-order valence-corrected chi connectivity index (χ0v) is 6.55. The Kier molecular flexibility index (Phi) is 3.12. The van der Waals surface area contributed by atoms with Gasteiger partial charge in [0, 0.05) is 25.7 Å². The molecule has 0 radical (unpaired) electrons. The van der Waals surface area contributed by atoms with Crippen molar-refractivity contribution in [2.24, 2.45) is 5.73 Å². The Morgan fingerprint density at radius 3 is 2.60 bits per heavy atom. The molecule has 0 aromatic rings. The maximum atomic E-state index is 5.52. The van der Waals surface area contributed by atoms with Gasteiger partial charge in [-0.25, -0.2) is 0 Å². The van der Waals surface area contributed by atoms with Crippen molar-refractivity contribution in [1.82, 2.24) is 4.90 Å². The molecule has 0 aromatic carbocycles. The van der Waals surface area contributed by atoms with E-state index in [4.69, 9.17) is 10.5 Å².